The first-order valence-electron chi connectivity index (χ1n) is 7.90. The Balaban J connectivity index is 1.51. The van der Waals surface area contributed by atoms with E-state index in [1.807, 2.05) is 0 Å². The van der Waals surface area contributed by atoms with Crippen LogP contribution in [0.3, 0.4) is 0 Å². The molecule has 0 aromatic heterocycles. The van der Waals surface area contributed by atoms with Gasteiger partial charge in [-0.15, -0.1) is 11.6 Å². The molecular weight excluding hydrogens is 252 g/mol. The summed E-state index contributed by atoms with van der Waals surface area (Å²) in [7, 11) is 0. The van der Waals surface area contributed by atoms with Gasteiger partial charge < -0.3 is 0 Å². The van der Waals surface area contributed by atoms with E-state index in [2.05, 4.69) is 38.1 Å². The van der Waals surface area contributed by atoms with E-state index in [1.165, 1.54) is 30.4 Å². The number of hydrogen-bond acceptors (Lipinski definition) is 0. The van der Waals surface area contributed by atoms with Gasteiger partial charge in [0.25, 0.3) is 0 Å². The van der Waals surface area contributed by atoms with Crippen LogP contribution in [0.4, 0.5) is 0 Å². The minimum Gasteiger partial charge on any atom is -0.117 e. The number of rotatable bonds is 3. The van der Waals surface area contributed by atoms with Crippen molar-refractivity contribution in [2.45, 2.75) is 44.4 Å². The van der Waals surface area contributed by atoms with Crippen molar-refractivity contribution in [3.8, 4) is 0 Å². The Hall–Kier alpha value is -0.490. The van der Waals surface area contributed by atoms with Crippen molar-refractivity contribution >= 4 is 11.6 Å². The standard InChI is InChI=1S/C18H23Cl/c1-10(2)11-3-5-12(6-4-11)18(19)17-15-13-7-8-14(9-13)16(15)17/h3-6,10,13-18H,7-9H2,1-2H3. The van der Waals surface area contributed by atoms with Gasteiger partial charge in [-0.25, -0.2) is 0 Å². The van der Waals surface area contributed by atoms with Crippen LogP contribution in [-0.2, 0) is 0 Å². The zero-order chi connectivity index (χ0) is 13.1. The number of halogens is 1. The molecule has 5 atom stereocenters. The molecule has 0 aliphatic heterocycles. The normalized spacial score (nSPS) is 40.5. The molecule has 3 fully saturated rings. The fourth-order valence-electron chi connectivity index (χ4n) is 5.07. The van der Waals surface area contributed by atoms with Gasteiger partial charge in [-0.1, -0.05) is 38.1 Å². The van der Waals surface area contributed by atoms with Crippen molar-refractivity contribution in [3.05, 3.63) is 35.4 Å². The van der Waals surface area contributed by atoms with Gasteiger partial charge in [0.15, 0.2) is 0 Å². The van der Waals surface area contributed by atoms with Crippen LogP contribution in [0.15, 0.2) is 24.3 Å². The molecule has 1 aromatic rings. The molecule has 1 heteroatoms. The predicted octanol–water partition coefficient (Wildman–Crippen LogP) is 5.38. The van der Waals surface area contributed by atoms with Crippen LogP contribution in [0.5, 0.6) is 0 Å². The second-order valence-corrected chi connectivity index (χ2v) is 7.76. The molecule has 102 valence electrons. The van der Waals surface area contributed by atoms with Gasteiger partial charge in [0.2, 0.25) is 0 Å². The zero-order valence-electron chi connectivity index (χ0n) is 11.9. The van der Waals surface area contributed by atoms with Crippen LogP contribution in [-0.4, -0.2) is 0 Å². The van der Waals surface area contributed by atoms with Crippen molar-refractivity contribution in [1.29, 1.82) is 0 Å². The Kier molecular flexibility index (Phi) is 2.74. The lowest BCUT2D eigenvalue weighted by Crippen LogP contribution is -2.04. The number of fused-ring (bicyclic) bond motifs is 5. The molecule has 1 aromatic carbocycles. The minimum atomic E-state index is 0.264. The third-order valence-electron chi connectivity index (χ3n) is 6.05. The molecule has 0 spiro atoms. The third-order valence-corrected chi connectivity index (χ3v) is 6.60. The van der Waals surface area contributed by atoms with Gasteiger partial charge in [-0.3, -0.25) is 0 Å². The van der Waals surface area contributed by atoms with E-state index in [-0.39, 0.29) is 5.38 Å². The smallest absolute Gasteiger partial charge is 0.0619 e. The number of hydrogen-bond donors (Lipinski definition) is 0. The summed E-state index contributed by atoms with van der Waals surface area (Å²) in [4.78, 5) is 0. The zero-order valence-corrected chi connectivity index (χ0v) is 12.6. The SMILES string of the molecule is CC(C)c1ccc(C(Cl)C2C3C4CCC(C4)C32)cc1. The highest BCUT2D eigenvalue weighted by Crippen LogP contribution is 2.73. The Bertz CT molecular complexity index is 459. The van der Waals surface area contributed by atoms with E-state index in [4.69, 9.17) is 11.6 Å². The molecule has 0 radical (unpaired) electrons. The minimum absolute atomic E-state index is 0.264. The first-order chi connectivity index (χ1) is 9.16. The van der Waals surface area contributed by atoms with Gasteiger partial charge in [-0.05, 0) is 65.9 Å². The largest absolute Gasteiger partial charge is 0.117 e. The Morgan fingerprint density at radius 1 is 0.947 bits per heavy atom. The molecule has 3 aliphatic carbocycles. The summed E-state index contributed by atoms with van der Waals surface area (Å²) in [5, 5.41) is 0.264. The average molecular weight is 275 g/mol. The molecule has 0 heterocycles. The monoisotopic (exact) mass is 274 g/mol. The predicted molar refractivity (Wildman–Crippen MR) is 80.4 cm³/mol. The second kappa shape index (κ2) is 4.25. The molecule has 3 aliphatic rings. The molecule has 0 nitrogen and oxygen atoms in total. The fraction of sp³-hybridized carbons (Fsp3) is 0.667. The topological polar surface area (TPSA) is 0 Å². The maximum atomic E-state index is 6.80. The van der Waals surface area contributed by atoms with Crippen LogP contribution in [0.2, 0.25) is 0 Å². The fourth-order valence-corrected chi connectivity index (χ4v) is 5.55. The highest BCUT2D eigenvalue weighted by Gasteiger charge is 2.66. The number of alkyl halides is 1. The lowest BCUT2D eigenvalue weighted by molar-refractivity contribution is 0.455. The van der Waals surface area contributed by atoms with Gasteiger partial charge in [0.05, 0.1) is 5.38 Å². The first kappa shape index (κ1) is 12.3. The average Bonchev–Trinajstić information content (AvgIpc) is 2.85. The number of benzene rings is 1. The van der Waals surface area contributed by atoms with Crippen LogP contribution < -0.4 is 0 Å². The highest BCUT2D eigenvalue weighted by molar-refractivity contribution is 6.21. The van der Waals surface area contributed by atoms with Crippen molar-refractivity contribution in [2.75, 3.05) is 0 Å². The summed E-state index contributed by atoms with van der Waals surface area (Å²) in [6.45, 7) is 4.49. The Morgan fingerprint density at radius 3 is 2.00 bits per heavy atom. The van der Waals surface area contributed by atoms with E-state index >= 15 is 0 Å². The van der Waals surface area contributed by atoms with E-state index in [0.717, 1.165) is 29.6 Å². The Labute approximate surface area is 121 Å². The third kappa shape index (κ3) is 1.79. The van der Waals surface area contributed by atoms with Crippen LogP contribution in [0.1, 0.15) is 55.5 Å². The molecule has 2 bridgehead atoms. The molecule has 19 heavy (non-hydrogen) atoms. The summed E-state index contributed by atoms with van der Waals surface area (Å²) in [5.41, 5.74) is 2.77. The molecular formula is C18H23Cl. The van der Waals surface area contributed by atoms with Crippen LogP contribution >= 0.6 is 11.6 Å². The van der Waals surface area contributed by atoms with Crippen molar-refractivity contribution < 1.29 is 0 Å². The van der Waals surface area contributed by atoms with E-state index in [0.29, 0.717) is 5.92 Å². The molecule has 0 saturated heterocycles. The quantitative estimate of drug-likeness (QED) is 0.649. The summed E-state index contributed by atoms with van der Waals surface area (Å²) >= 11 is 6.80. The van der Waals surface area contributed by atoms with E-state index in [1.54, 1.807) is 0 Å². The van der Waals surface area contributed by atoms with Gasteiger partial charge >= 0.3 is 0 Å². The Morgan fingerprint density at radius 2 is 1.47 bits per heavy atom. The lowest BCUT2D eigenvalue weighted by atomic mass is 9.95. The maximum absolute atomic E-state index is 6.80. The molecule has 5 unspecified atom stereocenters. The van der Waals surface area contributed by atoms with E-state index in [9.17, 15) is 0 Å². The summed E-state index contributed by atoms with van der Waals surface area (Å²) < 4.78 is 0. The molecule has 0 N–H and O–H groups in total. The summed E-state index contributed by atoms with van der Waals surface area (Å²) in [5.74, 6) is 5.40. The summed E-state index contributed by atoms with van der Waals surface area (Å²) in [6, 6.07) is 9.07. The second-order valence-electron chi connectivity index (χ2n) is 7.29. The van der Waals surface area contributed by atoms with Crippen molar-refractivity contribution in [3.63, 3.8) is 0 Å². The highest BCUT2D eigenvalue weighted by atomic mass is 35.5. The van der Waals surface area contributed by atoms with Crippen molar-refractivity contribution in [1.82, 2.24) is 0 Å². The van der Waals surface area contributed by atoms with E-state index < -0.39 is 0 Å². The van der Waals surface area contributed by atoms with Gasteiger partial charge in [-0.2, -0.15) is 0 Å². The molecule has 3 saturated carbocycles. The van der Waals surface area contributed by atoms with Gasteiger partial charge in [0.1, 0.15) is 0 Å². The van der Waals surface area contributed by atoms with Gasteiger partial charge in [0, 0.05) is 0 Å². The molecule has 0 amide bonds. The first-order valence-corrected chi connectivity index (χ1v) is 8.34. The molecule has 4 rings (SSSR count). The van der Waals surface area contributed by atoms with Crippen molar-refractivity contribution in [2.24, 2.45) is 29.6 Å². The summed E-state index contributed by atoms with van der Waals surface area (Å²) in [6.07, 6.45) is 4.48. The lowest BCUT2D eigenvalue weighted by Gasteiger charge is -2.15. The maximum Gasteiger partial charge on any atom is 0.0619 e. The van der Waals surface area contributed by atoms with Crippen LogP contribution in [0, 0.1) is 29.6 Å². The van der Waals surface area contributed by atoms with Crippen LogP contribution in [0.25, 0.3) is 0 Å².